The third-order valence-corrected chi connectivity index (χ3v) is 6.69. The van der Waals surface area contributed by atoms with E-state index >= 15 is 0 Å². The predicted octanol–water partition coefficient (Wildman–Crippen LogP) is 3.01. The molecule has 21 heavy (non-hydrogen) atoms. The second kappa shape index (κ2) is 6.01. The third-order valence-electron chi connectivity index (χ3n) is 4.11. The normalized spacial score (nSPS) is 24.3. The number of carboxylic acid groups (broad SMARTS) is 1. The van der Waals surface area contributed by atoms with Crippen molar-refractivity contribution in [1.29, 1.82) is 0 Å². The first-order valence-corrected chi connectivity index (χ1v) is 9.27. The molecule has 2 heterocycles. The minimum absolute atomic E-state index is 0.000501. The Morgan fingerprint density at radius 1 is 1.43 bits per heavy atom. The van der Waals surface area contributed by atoms with E-state index in [1.54, 1.807) is 28.0 Å². The van der Waals surface area contributed by atoms with Gasteiger partial charge in [0.1, 0.15) is 6.04 Å². The fourth-order valence-corrected chi connectivity index (χ4v) is 5.77. The maximum absolute atomic E-state index is 12.8. The van der Waals surface area contributed by atoms with Gasteiger partial charge in [0.2, 0.25) is 0 Å². The van der Waals surface area contributed by atoms with Crippen molar-refractivity contribution < 1.29 is 14.7 Å². The van der Waals surface area contributed by atoms with Gasteiger partial charge >= 0.3 is 5.97 Å². The van der Waals surface area contributed by atoms with Crippen LogP contribution in [0.4, 0.5) is 0 Å². The molecule has 1 aromatic rings. The second-order valence-electron chi connectivity index (χ2n) is 5.56. The first-order chi connectivity index (χ1) is 10.1. The SMILES string of the molecule is CCCC1SCC(C(=O)O)N1C(=O)c1cc2c(s1)CCC2. The Hall–Kier alpha value is -1.01. The molecule has 2 unspecified atom stereocenters. The molecule has 2 atom stereocenters. The van der Waals surface area contributed by atoms with Crippen molar-refractivity contribution in [1.82, 2.24) is 4.90 Å². The number of aryl methyl sites for hydroxylation is 2. The van der Waals surface area contributed by atoms with Crippen molar-refractivity contribution in [2.45, 2.75) is 50.4 Å². The van der Waals surface area contributed by atoms with Crippen LogP contribution in [0, 0.1) is 0 Å². The van der Waals surface area contributed by atoms with Crippen LogP contribution in [0.25, 0.3) is 0 Å². The van der Waals surface area contributed by atoms with Crippen LogP contribution in [0.3, 0.4) is 0 Å². The summed E-state index contributed by atoms with van der Waals surface area (Å²) in [6.07, 6.45) is 5.09. The minimum atomic E-state index is -0.890. The van der Waals surface area contributed by atoms with Gasteiger partial charge in [0.05, 0.1) is 10.3 Å². The van der Waals surface area contributed by atoms with Crippen LogP contribution in [-0.4, -0.2) is 39.1 Å². The van der Waals surface area contributed by atoms with Crippen molar-refractivity contribution in [2.24, 2.45) is 0 Å². The molecule has 1 aliphatic carbocycles. The Morgan fingerprint density at radius 2 is 2.24 bits per heavy atom. The average molecular weight is 325 g/mol. The monoisotopic (exact) mass is 325 g/mol. The van der Waals surface area contributed by atoms with Crippen molar-refractivity contribution in [2.75, 3.05) is 5.75 Å². The van der Waals surface area contributed by atoms with E-state index in [0.29, 0.717) is 5.75 Å². The summed E-state index contributed by atoms with van der Waals surface area (Å²) < 4.78 is 0. The summed E-state index contributed by atoms with van der Waals surface area (Å²) in [6, 6.07) is 1.30. The van der Waals surface area contributed by atoms with Gasteiger partial charge in [0.15, 0.2) is 0 Å². The Bertz CT molecular complexity index is 548. The number of carbonyl (C=O) groups excluding carboxylic acids is 1. The van der Waals surface area contributed by atoms with E-state index in [2.05, 4.69) is 6.92 Å². The maximum atomic E-state index is 12.8. The molecule has 0 saturated carbocycles. The Morgan fingerprint density at radius 3 is 2.90 bits per heavy atom. The van der Waals surface area contributed by atoms with Gasteiger partial charge in [-0.05, 0) is 37.3 Å². The molecule has 1 aliphatic heterocycles. The van der Waals surface area contributed by atoms with Gasteiger partial charge in [0.25, 0.3) is 5.91 Å². The first kappa shape index (κ1) is 14.9. The largest absolute Gasteiger partial charge is 0.480 e. The van der Waals surface area contributed by atoms with Gasteiger partial charge < -0.3 is 10.0 Å². The van der Waals surface area contributed by atoms with E-state index in [1.165, 1.54) is 16.9 Å². The lowest BCUT2D eigenvalue weighted by Gasteiger charge is -2.26. The third kappa shape index (κ3) is 2.71. The number of amides is 1. The summed E-state index contributed by atoms with van der Waals surface area (Å²) in [7, 11) is 0. The van der Waals surface area contributed by atoms with E-state index in [4.69, 9.17) is 0 Å². The number of carbonyl (C=O) groups is 2. The smallest absolute Gasteiger partial charge is 0.327 e. The molecule has 6 heteroatoms. The average Bonchev–Trinajstić information content (AvgIpc) is 3.11. The molecular weight excluding hydrogens is 306 g/mol. The number of hydrogen-bond acceptors (Lipinski definition) is 4. The number of rotatable bonds is 4. The zero-order chi connectivity index (χ0) is 15.0. The number of fused-ring (bicyclic) bond motifs is 1. The zero-order valence-electron chi connectivity index (χ0n) is 12.0. The second-order valence-corrected chi connectivity index (χ2v) is 7.90. The van der Waals surface area contributed by atoms with Crippen LogP contribution in [0.2, 0.25) is 0 Å². The van der Waals surface area contributed by atoms with Crippen LogP contribution in [0.1, 0.15) is 46.3 Å². The van der Waals surface area contributed by atoms with Crippen molar-refractivity contribution in [3.8, 4) is 0 Å². The minimum Gasteiger partial charge on any atom is -0.480 e. The van der Waals surface area contributed by atoms with Crippen LogP contribution in [0.15, 0.2) is 6.07 Å². The lowest BCUT2D eigenvalue weighted by atomic mass is 10.2. The highest BCUT2D eigenvalue weighted by atomic mass is 32.2. The Labute approximate surface area is 132 Å². The predicted molar refractivity (Wildman–Crippen MR) is 85.1 cm³/mol. The molecule has 1 saturated heterocycles. The van der Waals surface area contributed by atoms with E-state index < -0.39 is 12.0 Å². The molecule has 0 radical (unpaired) electrons. The molecule has 2 aliphatic rings. The number of hydrogen-bond donors (Lipinski definition) is 1. The quantitative estimate of drug-likeness (QED) is 0.924. The zero-order valence-corrected chi connectivity index (χ0v) is 13.6. The van der Waals surface area contributed by atoms with E-state index in [1.807, 2.05) is 6.07 Å². The van der Waals surface area contributed by atoms with Crippen LogP contribution >= 0.6 is 23.1 Å². The Kier molecular flexibility index (Phi) is 4.26. The molecule has 114 valence electrons. The van der Waals surface area contributed by atoms with Crippen LogP contribution < -0.4 is 0 Å². The summed E-state index contributed by atoms with van der Waals surface area (Å²) in [5.74, 6) is -0.486. The molecule has 3 rings (SSSR count). The lowest BCUT2D eigenvalue weighted by Crippen LogP contribution is -2.45. The van der Waals surface area contributed by atoms with Crippen molar-refractivity contribution in [3.05, 3.63) is 21.4 Å². The highest BCUT2D eigenvalue weighted by molar-refractivity contribution is 8.00. The van der Waals surface area contributed by atoms with Crippen molar-refractivity contribution in [3.63, 3.8) is 0 Å². The molecule has 1 N–H and O–H groups in total. The van der Waals surface area contributed by atoms with Gasteiger partial charge in [-0.1, -0.05) is 13.3 Å². The molecule has 1 amide bonds. The van der Waals surface area contributed by atoms with E-state index in [0.717, 1.165) is 30.6 Å². The number of thioether (sulfide) groups is 1. The fraction of sp³-hybridized carbons (Fsp3) is 0.600. The summed E-state index contributed by atoms with van der Waals surface area (Å²) in [4.78, 5) is 27.9. The number of carboxylic acids is 1. The van der Waals surface area contributed by atoms with Gasteiger partial charge in [-0.25, -0.2) is 4.79 Å². The maximum Gasteiger partial charge on any atom is 0.327 e. The molecule has 0 spiro atoms. The standard InChI is InChI=1S/C15H19NO3S2/c1-2-4-13-16(10(8-20-13)15(18)19)14(17)12-7-9-5-3-6-11(9)21-12/h7,10,13H,2-6,8H2,1H3,(H,18,19). The first-order valence-electron chi connectivity index (χ1n) is 7.40. The van der Waals surface area contributed by atoms with Gasteiger partial charge in [-0.2, -0.15) is 0 Å². The molecule has 1 fully saturated rings. The highest BCUT2D eigenvalue weighted by Gasteiger charge is 2.42. The number of thiophene rings is 1. The van der Waals surface area contributed by atoms with Gasteiger partial charge in [-0.3, -0.25) is 4.79 Å². The van der Waals surface area contributed by atoms with Crippen LogP contribution in [-0.2, 0) is 17.6 Å². The lowest BCUT2D eigenvalue weighted by molar-refractivity contribution is -0.141. The molecule has 4 nitrogen and oxygen atoms in total. The summed E-state index contributed by atoms with van der Waals surface area (Å²) >= 11 is 3.15. The number of aliphatic carboxylic acids is 1. The summed E-state index contributed by atoms with van der Waals surface area (Å²) in [5, 5.41) is 9.38. The van der Waals surface area contributed by atoms with Gasteiger partial charge in [-0.15, -0.1) is 23.1 Å². The van der Waals surface area contributed by atoms with Gasteiger partial charge in [0, 0.05) is 10.6 Å². The molecule has 0 bridgehead atoms. The highest BCUT2D eigenvalue weighted by Crippen LogP contribution is 2.37. The number of nitrogens with zero attached hydrogens (tertiary/aromatic N) is 1. The topological polar surface area (TPSA) is 57.6 Å². The summed E-state index contributed by atoms with van der Waals surface area (Å²) in [6.45, 7) is 2.07. The molecule has 1 aromatic heterocycles. The molecular formula is C15H19NO3S2. The summed E-state index contributed by atoms with van der Waals surface area (Å²) in [5.41, 5.74) is 1.29. The Balaban J connectivity index is 1.86. The molecule has 0 aromatic carbocycles. The van der Waals surface area contributed by atoms with Crippen molar-refractivity contribution >= 4 is 35.0 Å². The van der Waals surface area contributed by atoms with E-state index in [9.17, 15) is 14.7 Å². The van der Waals surface area contributed by atoms with Crippen LogP contribution in [0.5, 0.6) is 0 Å². The fourth-order valence-electron chi connectivity index (χ4n) is 3.06. The van der Waals surface area contributed by atoms with E-state index in [-0.39, 0.29) is 11.3 Å².